The van der Waals surface area contributed by atoms with Crippen LogP contribution in [0.2, 0.25) is 0 Å². The summed E-state index contributed by atoms with van der Waals surface area (Å²) < 4.78 is 38.0. The Labute approximate surface area is 160 Å². The number of fused-ring (bicyclic) bond motifs is 1. The van der Waals surface area contributed by atoms with E-state index in [-0.39, 0.29) is 23.7 Å². The molecule has 1 aliphatic carbocycles. The summed E-state index contributed by atoms with van der Waals surface area (Å²) in [4.78, 5) is 25.8. The van der Waals surface area contributed by atoms with Crippen molar-refractivity contribution in [3.63, 3.8) is 0 Å². The first kappa shape index (κ1) is 18.5. The monoisotopic (exact) mass is 388 g/mol. The second kappa shape index (κ2) is 6.65. The van der Waals surface area contributed by atoms with Crippen LogP contribution in [0.4, 0.5) is 24.5 Å². The van der Waals surface area contributed by atoms with Crippen LogP contribution >= 0.6 is 0 Å². The van der Waals surface area contributed by atoms with E-state index >= 15 is 0 Å². The van der Waals surface area contributed by atoms with Gasteiger partial charge >= 0.3 is 6.18 Å². The van der Waals surface area contributed by atoms with Gasteiger partial charge in [-0.2, -0.15) is 13.2 Å². The number of carbonyl (C=O) groups excluding carboxylic acids is 2. The Morgan fingerprint density at radius 2 is 1.82 bits per heavy atom. The molecule has 0 radical (unpaired) electrons. The largest absolute Gasteiger partial charge is 0.416 e. The molecule has 2 aromatic rings. The number of nitrogens with one attached hydrogen (secondary N) is 1. The van der Waals surface area contributed by atoms with Gasteiger partial charge in [-0.1, -0.05) is 12.1 Å². The highest BCUT2D eigenvalue weighted by molar-refractivity contribution is 5.97. The minimum atomic E-state index is -4.36. The van der Waals surface area contributed by atoms with Crippen LogP contribution in [-0.4, -0.2) is 18.4 Å². The summed E-state index contributed by atoms with van der Waals surface area (Å²) in [7, 11) is 0. The molecular formula is C21H19F3N2O2. The Hall–Kier alpha value is -2.83. The van der Waals surface area contributed by atoms with Crippen LogP contribution in [0.3, 0.4) is 0 Å². The van der Waals surface area contributed by atoms with Gasteiger partial charge in [0.1, 0.15) is 0 Å². The number of nitrogens with zero attached hydrogens (tertiary/aromatic N) is 1. The number of anilines is 2. The second-order valence-corrected chi connectivity index (χ2v) is 7.32. The summed E-state index contributed by atoms with van der Waals surface area (Å²) in [6.07, 6.45) is -2.99. The van der Waals surface area contributed by atoms with Gasteiger partial charge in [0.05, 0.1) is 5.56 Å². The van der Waals surface area contributed by atoms with Crippen LogP contribution in [-0.2, 0) is 22.2 Å². The lowest BCUT2D eigenvalue weighted by atomic mass is 10.1. The third kappa shape index (κ3) is 3.48. The van der Waals surface area contributed by atoms with Crippen molar-refractivity contribution in [1.29, 1.82) is 0 Å². The molecule has 28 heavy (non-hydrogen) atoms. The van der Waals surface area contributed by atoms with Crippen molar-refractivity contribution in [3.05, 3.63) is 59.2 Å². The summed E-state index contributed by atoms with van der Waals surface area (Å²) in [5.74, 6) is -0.428. The summed E-state index contributed by atoms with van der Waals surface area (Å²) in [6.45, 7) is 2.17. The molecule has 0 bridgehead atoms. The maximum atomic E-state index is 12.7. The number of hydrogen-bond acceptors (Lipinski definition) is 2. The first-order chi connectivity index (χ1) is 13.2. The van der Waals surface area contributed by atoms with Crippen LogP contribution in [0, 0.1) is 5.92 Å². The van der Waals surface area contributed by atoms with Gasteiger partial charge in [-0.3, -0.25) is 9.59 Å². The maximum absolute atomic E-state index is 12.7. The molecule has 1 saturated carbocycles. The fourth-order valence-corrected chi connectivity index (χ4v) is 3.81. The van der Waals surface area contributed by atoms with Gasteiger partial charge in [0.15, 0.2) is 0 Å². The molecule has 0 spiro atoms. The van der Waals surface area contributed by atoms with E-state index < -0.39 is 11.7 Å². The molecule has 2 amide bonds. The molecule has 1 heterocycles. The van der Waals surface area contributed by atoms with E-state index in [9.17, 15) is 22.8 Å². The van der Waals surface area contributed by atoms with Gasteiger partial charge in [-0.15, -0.1) is 0 Å². The smallest absolute Gasteiger partial charge is 0.326 e. The molecule has 4 nitrogen and oxygen atoms in total. The van der Waals surface area contributed by atoms with Crippen LogP contribution in [0.15, 0.2) is 42.5 Å². The summed E-state index contributed by atoms with van der Waals surface area (Å²) in [6, 6.07) is 10.5. The average molecular weight is 388 g/mol. The van der Waals surface area contributed by atoms with Crippen LogP contribution in [0.1, 0.15) is 36.0 Å². The molecule has 2 aliphatic rings. The second-order valence-electron chi connectivity index (χ2n) is 7.32. The number of amides is 2. The number of alkyl halides is 3. The zero-order valence-corrected chi connectivity index (χ0v) is 15.2. The number of rotatable bonds is 3. The SMILES string of the molecule is CC(=O)N1CCc2cc(NC(=O)C3CC3c3ccc(C(F)(F)F)cc3)ccc21. The third-order valence-corrected chi connectivity index (χ3v) is 5.42. The summed E-state index contributed by atoms with van der Waals surface area (Å²) >= 11 is 0. The molecule has 2 atom stereocenters. The van der Waals surface area contributed by atoms with Crippen molar-refractivity contribution in [1.82, 2.24) is 0 Å². The van der Waals surface area contributed by atoms with Crippen LogP contribution in [0.5, 0.6) is 0 Å². The Morgan fingerprint density at radius 1 is 1.11 bits per heavy atom. The van der Waals surface area contributed by atoms with Gasteiger partial charge in [-0.25, -0.2) is 0 Å². The van der Waals surface area contributed by atoms with E-state index in [0.717, 1.165) is 35.4 Å². The first-order valence-corrected chi connectivity index (χ1v) is 9.13. The predicted molar refractivity (Wildman–Crippen MR) is 99.1 cm³/mol. The van der Waals surface area contributed by atoms with E-state index in [1.54, 1.807) is 11.0 Å². The fourth-order valence-electron chi connectivity index (χ4n) is 3.81. The van der Waals surface area contributed by atoms with Crippen molar-refractivity contribution in [2.75, 3.05) is 16.8 Å². The van der Waals surface area contributed by atoms with Crippen molar-refractivity contribution in [2.24, 2.45) is 5.92 Å². The van der Waals surface area contributed by atoms with Gasteiger partial charge in [0, 0.05) is 30.8 Å². The quantitative estimate of drug-likeness (QED) is 0.850. The van der Waals surface area contributed by atoms with Gasteiger partial charge < -0.3 is 10.2 Å². The highest BCUT2D eigenvalue weighted by Gasteiger charge is 2.44. The van der Waals surface area contributed by atoms with E-state index in [4.69, 9.17) is 0 Å². The van der Waals surface area contributed by atoms with Crippen LogP contribution < -0.4 is 10.2 Å². The van der Waals surface area contributed by atoms with Gasteiger partial charge in [0.25, 0.3) is 0 Å². The molecule has 1 N–H and O–H groups in total. The highest BCUT2D eigenvalue weighted by Crippen LogP contribution is 2.48. The molecule has 0 aromatic heterocycles. The standard InChI is InChI=1S/C21H19F3N2O2/c1-12(27)26-9-8-14-10-16(6-7-19(14)26)25-20(28)18-11-17(18)13-2-4-15(5-3-13)21(22,23)24/h2-7,10,17-18H,8-9,11H2,1H3,(H,25,28). The molecular weight excluding hydrogens is 369 g/mol. The van der Waals surface area contributed by atoms with Crippen molar-refractivity contribution in [3.8, 4) is 0 Å². The predicted octanol–water partition coefficient (Wildman–Crippen LogP) is 4.36. The van der Waals surface area contributed by atoms with Crippen molar-refractivity contribution < 1.29 is 22.8 Å². The Bertz CT molecular complexity index is 938. The van der Waals surface area contributed by atoms with Crippen LogP contribution in [0.25, 0.3) is 0 Å². The zero-order chi connectivity index (χ0) is 20.1. The lowest BCUT2D eigenvalue weighted by Gasteiger charge is -2.15. The molecule has 2 aromatic carbocycles. The van der Waals surface area contributed by atoms with Crippen molar-refractivity contribution in [2.45, 2.75) is 31.9 Å². The maximum Gasteiger partial charge on any atom is 0.416 e. The summed E-state index contributed by atoms with van der Waals surface area (Å²) in [5.41, 5.74) is 2.63. The fraction of sp³-hybridized carbons (Fsp3) is 0.333. The Morgan fingerprint density at radius 3 is 2.46 bits per heavy atom. The number of halogens is 3. The molecule has 1 aliphatic heterocycles. The van der Waals surface area contributed by atoms with E-state index in [1.165, 1.54) is 19.1 Å². The zero-order valence-electron chi connectivity index (χ0n) is 15.2. The molecule has 1 fully saturated rings. The Balaban J connectivity index is 1.40. The first-order valence-electron chi connectivity index (χ1n) is 9.13. The minimum Gasteiger partial charge on any atom is -0.326 e. The normalized spacial score (nSPS) is 20.6. The van der Waals surface area contributed by atoms with E-state index in [1.807, 2.05) is 12.1 Å². The third-order valence-electron chi connectivity index (χ3n) is 5.42. The minimum absolute atomic E-state index is 0.00657. The molecule has 146 valence electrons. The summed E-state index contributed by atoms with van der Waals surface area (Å²) in [5, 5.41) is 2.89. The van der Waals surface area contributed by atoms with Gasteiger partial charge in [0.2, 0.25) is 11.8 Å². The lowest BCUT2D eigenvalue weighted by Crippen LogP contribution is -2.25. The number of hydrogen-bond donors (Lipinski definition) is 1. The topological polar surface area (TPSA) is 49.4 Å². The Kier molecular flexibility index (Phi) is 4.40. The van der Waals surface area contributed by atoms with E-state index in [0.29, 0.717) is 18.7 Å². The van der Waals surface area contributed by atoms with E-state index in [2.05, 4.69) is 5.32 Å². The van der Waals surface area contributed by atoms with Crippen molar-refractivity contribution >= 4 is 23.2 Å². The molecule has 4 rings (SSSR count). The average Bonchev–Trinajstić information content (AvgIpc) is 3.33. The van der Waals surface area contributed by atoms with Gasteiger partial charge in [-0.05, 0) is 60.2 Å². The molecule has 7 heteroatoms. The molecule has 0 saturated heterocycles. The molecule has 2 unspecified atom stereocenters. The lowest BCUT2D eigenvalue weighted by molar-refractivity contribution is -0.137. The number of carbonyl (C=O) groups is 2. The highest BCUT2D eigenvalue weighted by atomic mass is 19.4. The number of benzene rings is 2.